The highest BCUT2D eigenvalue weighted by atomic mass is 32.1. The zero-order valence-electron chi connectivity index (χ0n) is 14.8. The number of rotatable bonds is 3. The van der Waals surface area contributed by atoms with Crippen molar-refractivity contribution >= 4 is 23.2 Å². The van der Waals surface area contributed by atoms with Crippen LogP contribution < -0.4 is 0 Å². The predicted octanol–water partition coefficient (Wildman–Crippen LogP) is 3.48. The van der Waals surface area contributed by atoms with E-state index in [0.29, 0.717) is 19.0 Å². The summed E-state index contributed by atoms with van der Waals surface area (Å²) >= 11 is 1.62. The van der Waals surface area contributed by atoms with Crippen LogP contribution in [0.1, 0.15) is 59.1 Å². The van der Waals surface area contributed by atoms with Crippen LogP contribution in [0, 0.1) is 12.8 Å². The summed E-state index contributed by atoms with van der Waals surface area (Å²) in [4.78, 5) is 31.4. The topological polar surface area (TPSA) is 40.6 Å². The molecule has 2 fully saturated rings. The maximum atomic E-state index is 12.7. The zero-order chi connectivity index (χ0) is 17.1. The second-order valence-corrected chi connectivity index (χ2v) is 8.16. The van der Waals surface area contributed by atoms with E-state index in [2.05, 4.69) is 13.8 Å². The third kappa shape index (κ3) is 3.66. The zero-order valence-corrected chi connectivity index (χ0v) is 15.7. The van der Waals surface area contributed by atoms with E-state index < -0.39 is 0 Å². The monoisotopic (exact) mass is 348 g/mol. The lowest BCUT2D eigenvalue weighted by Gasteiger charge is -2.35. The molecule has 5 heteroatoms. The fraction of sp³-hybridized carbons (Fsp3) is 0.684. The average Bonchev–Trinajstić information content (AvgIpc) is 3.02. The predicted molar refractivity (Wildman–Crippen MR) is 97.5 cm³/mol. The van der Waals surface area contributed by atoms with Crippen LogP contribution in [0.25, 0.3) is 0 Å². The molecular weight excluding hydrogens is 320 g/mol. The Morgan fingerprint density at radius 2 is 1.75 bits per heavy atom. The lowest BCUT2D eigenvalue weighted by Crippen LogP contribution is -2.45. The van der Waals surface area contributed by atoms with Crippen LogP contribution in [-0.2, 0) is 11.2 Å². The number of aryl methyl sites for hydroxylation is 2. The molecule has 1 aromatic rings. The lowest BCUT2D eigenvalue weighted by atomic mass is 9.94. The Kier molecular flexibility index (Phi) is 5.59. The molecule has 0 aromatic carbocycles. The standard InChI is InChI=1S/C19H28N2O2S/c1-3-16-14(2)13-17(24-16)19(23)21-11-7-15(8-12-21)18(22)20-9-5-4-6-10-20/h13,15H,3-12H2,1-2H3. The van der Waals surface area contributed by atoms with Crippen molar-refractivity contribution < 1.29 is 9.59 Å². The third-order valence-corrected chi connectivity index (χ3v) is 6.72. The molecule has 0 aliphatic carbocycles. The van der Waals surface area contributed by atoms with Crippen molar-refractivity contribution in [1.82, 2.24) is 9.80 Å². The minimum absolute atomic E-state index is 0.114. The van der Waals surface area contributed by atoms with Crippen molar-refractivity contribution in [3.63, 3.8) is 0 Å². The summed E-state index contributed by atoms with van der Waals surface area (Å²) in [6, 6.07) is 2.02. The first-order valence-electron chi connectivity index (χ1n) is 9.27. The summed E-state index contributed by atoms with van der Waals surface area (Å²) in [6.45, 7) is 7.47. The normalized spacial score (nSPS) is 19.6. The molecule has 2 saturated heterocycles. The lowest BCUT2D eigenvalue weighted by molar-refractivity contribution is -0.137. The summed E-state index contributed by atoms with van der Waals surface area (Å²) < 4.78 is 0. The van der Waals surface area contributed by atoms with Gasteiger partial charge in [-0.25, -0.2) is 0 Å². The Balaban J connectivity index is 1.56. The number of thiophene rings is 1. The van der Waals surface area contributed by atoms with Crippen LogP contribution in [0.5, 0.6) is 0 Å². The number of carbonyl (C=O) groups excluding carboxylic acids is 2. The minimum Gasteiger partial charge on any atom is -0.342 e. The quantitative estimate of drug-likeness (QED) is 0.839. The number of amides is 2. The smallest absolute Gasteiger partial charge is 0.263 e. The van der Waals surface area contributed by atoms with Gasteiger partial charge in [0, 0.05) is 37.0 Å². The second-order valence-electron chi connectivity index (χ2n) is 7.02. The number of likely N-dealkylation sites (tertiary alicyclic amines) is 2. The van der Waals surface area contributed by atoms with Gasteiger partial charge in [-0.2, -0.15) is 0 Å². The molecule has 0 bridgehead atoms. The number of piperidine rings is 2. The molecule has 2 aliphatic heterocycles. The molecular formula is C19H28N2O2S. The SMILES string of the molecule is CCc1sc(C(=O)N2CCC(C(=O)N3CCCCC3)CC2)cc1C. The first-order valence-corrected chi connectivity index (χ1v) is 10.1. The maximum absolute atomic E-state index is 12.7. The third-order valence-electron chi connectivity index (χ3n) is 5.35. The highest BCUT2D eigenvalue weighted by molar-refractivity contribution is 7.14. The largest absolute Gasteiger partial charge is 0.342 e. The Bertz CT molecular complexity index is 597. The van der Waals surface area contributed by atoms with Crippen molar-refractivity contribution in [2.45, 2.75) is 52.4 Å². The van der Waals surface area contributed by atoms with Crippen LogP contribution in [0.3, 0.4) is 0 Å². The van der Waals surface area contributed by atoms with Gasteiger partial charge in [0.25, 0.3) is 5.91 Å². The average molecular weight is 349 g/mol. The molecule has 132 valence electrons. The number of carbonyl (C=O) groups is 2. The van der Waals surface area contributed by atoms with Gasteiger partial charge >= 0.3 is 0 Å². The summed E-state index contributed by atoms with van der Waals surface area (Å²) in [5.74, 6) is 0.581. The maximum Gasteiger partial charge on any atom is 0.263 e. The van der Waals surface area contributed by atoms with Gasteiger partial charge in [0.15, 0.2) is 0 Å². The fourth-order valence-corrected chi connectivity index (χ4v) is 4.92. The summed E-state index contributed by atoms with van der Waals surface area (Å²) in [6.07, 6.45) is 6.13. The van der Waals surface area contributed by atoms with E-state index in [9.17, 15) is 9.59 Å². The molecule has 2 aliphatic rings. The van der Waals surface area contributed by atoms with Crippen LogP contribution >= 0.6 is 11.3 Å². The van der Waals surface area contributed by atoms with Crippen molar-refractivity contribution in [3.8, 4) is 0 Å². The summed E-state index contributed by atoms with van der Waals surface area (Å²) in [5, 5.41) is 0. The number of hydrogen-bond donors (Lipinski definition) is 0. The van der Waals surface area contributed by atoms with Crippen LogP contribution in [-0.4, -0.2) is 47.8 Å². The van der Waals surface area contributed by atoms with Crippen LogP contribution in [0.15, 0.2) is 6.07 Å². The minimum atomic E-state index is 0.114. The van der Waals surface area contributed by atoms with Gasteiger partial charge in [-0.05, 0) is 57.1 Å². The molecule has 0 spiro atoms. The van der Waals surface area contributed by atoms with Gasteiger partial charge in [0.1, 0.15) is 0 Å². The van der Waals surface area contributed by atoms with Crippen molar-refractivity contribution in [2.24, 2.45) is 5.92 Å². The molecule has 0 unspecified atom stereocenters. The van der Waals surface area contributed by atoms with Gasteiger partial charge in [-0.3, -0.25) is 9.59 Å². The van der Waals surface area contributed by atoms with Gasteiger partial charge < -0.3 is 9.80 Å². The Morgan fingerprint density at radius 3 is 2.33 bits per heavy atom. The molecule has 0 saturated carbocycles. The van der Waals surface area contributed by atoms with Crippen molar-refractivity contribution in [2.75, 3.05) is 26.2 Å². The van der Waals surface area contributed by atoms with E-state index in [0.717, 1.165) is 50.1 Å². The van der Waals surface area contributed by atoms with E-state index in [1.165, 1.54) is 16.9 Å². The van der Waals surface area contributed by atoms with Crippen molar-refractivity contribution in [3.05, 3.63) is 21.4 Å². The fourth-order valence-electron chi connectivity index (χ4n) is 3.83. The number of nitrogens with zero attached hydrogens (tertiary/aromatic N) is 2. The van der Waals surface area contributed by atoms with Gasteiger partial charge in [0.05, 0.1) is 4.88 Å². The Morgan fingerprint density at radius 1 is 1.08 bits per heavy atom. The molecule has 2 amide bonds. The van der Waals surface area contributed by atoms with Gasteiger partial charge in [-0.15, -0.1) is 11.3 Å². The van der Waals surface area contributed by atoms with E-state index in [-0.39, 0.29) is 11.8 Å². The first kappa shape index (κ1) is 17.5. The molecule has 24 heavy (non-hydrogen) atoms. The van der Waals surface area contributed by atoms with E-state index in [4.69, 9.17) is 0 Å². The molecule has 4 nitrogen and oxygen atoms in total. The van der Waals surface area contributed by atoms with E-state index >= 15 is 0 Å². The molecule has 0 radical (unpaired) electrons. The highest BCUT2D eigenvalue weighted by Crippen LogP contribution is 2.27. The van der Waals surface area contributed by atoms with Crippen molar-refractivity contribution in [1.29, 1.82) is 0 Å². The summed E-state index contributed by atoms with van der Waals surface area (Å²) in [5.41, 5.74) is 1.22. The molecule has 0 atom stereocenters. The summed E-state index contributed by atoms with van der Waals surface area (Å²) in [7, 11) is 0. The molecule has 0 N–H and O–H groups in total. The van der Waals surface area contributed by atoms with Crippen LogP contribution in [0.4, 0.5) is 0 Å². The molecule has 3 heterocycles. The van der Waals surface area contributed by atoms with Crippen LogP contribution in [0.2, 0.25) is 0 Å². The van der Waals surface area contributed by atoms with Gasteiger partial charge in [-0.1, -0.05) is 6.92 Å². The van der Waals surface area contributed by atoms with Gasteiger partial charge in [0.2, 0.25) is 5.91 Å². The Hall–Kier alpha value is -1.36. The van der Waals surface area contributed by atoms with E-state index in [1.807, 2.05) is 15.9 Å². The molecule has 3 rings (SSSR count). The second kappa shape index (κ2) is 7.68. The highest BCUT2D eigenvalue weighted by Gasteiger charge is 2.31. The number of hydrogen-bond acceptors (Lipinski definition) is 3. The molecule has 1 aromatic heterocycles. The first-order chi connectivity index (χ1) is 11.6. The van der Waals surface area contributed by atoms with E-state index in [1.54, 1.807) is 11.3 Å². The Labute approximate surface area is 148 Å².